The van der Waals surface area contributed by atoms with Gasteiger partial charge in [0.15, 0.2) is 23.0 Å². The van der Waals surface area contributed by atoms with Gasteiger partial charge < -0.3 is 19.4 Å². The van der Waals surface area contributed by atoms with Crippen LogP contribution in [-0.4, -0.2) is 61.6 Å². The third-order valence-electron chi connectivity index (χ3n) is 5.74. The Hall–Kier alpha value is -4.48. The number of ketones is 1. The maximum atomic E-state index is 13.7. The van der Waals surface area contributed by atoms with E-state index in [-0.39, 0.29) is 6.42 Å². The average molecular weight is 480 g/mol. The molecule has 4 rings (SSSR count). The monoisotopic (exact) mass is 480 g/mol. The summed E-state index contributed by atoms with van der Waals surface area (Å²) in [6.45, 7) is 2.08. The maximum Gasteiger partial charge on any atom is 0.407 e. The third-order valence-corrected chi connectivity index (χ3v) is 5.74. The zero-order chi connectivity index (χ0) is 25.3. The summed E-state index contributed by atoms with van der Waals surface area (Å²) < 4.78 is 13.9. The molecule has 1 N–H and O–H groups in total. The number of nitrogens with one attached hydrogen (secondary N) is 1. The number of aryl methyl sites for hydroxylation is 2. The van der Waals surface area contributed by atoms with E-state index < -0.39 is 29.4 Å². The molecule has 1 atom stereocenters. The molecule has 0 fully saturated rings. The van der Waals surface area contributed by atoms with Crippen LogP contribution in [0.4, 0.5) is 4.79 Å². The second kappa shape index (κ2) is 9.41. The molecule has 0 radical (unpaired) electrons. The van der Waals surface area contributed by atoms with Gasteiger partial charge in [-0.15, -0.1) is 0 Å². The lowest BCUT2D eigenvalue weighted by molar-refractivity contribution is -0.146. The van der Waals surface area contributed by atoms with Crippen molar-refractivity contribution in [3.63, 3.8) is 0 Å². The minimum atomic E-state index is -1.60. The fraction of sp³-hybridized carbons (Fsp3) is 0.304. The van der Waals surface area contributed by atoms with Crippen molar-refractivity contribution in [3.05, 3.63) is 64.0 Å². The highest BCUT2D eigenvalue weighted by atomic mass is 16.5. The number of Topliss-reactive ketones (excluding diaryl/α,β-unsaturated/α-hetero) is 1. The number of aromatic nitrogens is 5. The molecule has 1 amide bonds. The Labute approximate surface area is 199 Å². The third kappa shape index (κ3) is 4.25. The molecule has 0 saturated heterocycles. The molecule has 12 heteroatoms. The van der Waals surface area contributed by atoms with Gasteiger partial charge >= 0.3 is 12.1 Å². The lowest BCUT2D eigenvalue weighted by Crippen LogP contribution is -2.48. The first-order valence-electron chi connectivity index (χ1n) is 10.7. The smallest absolute Gasteiger partial charge is 0.407 e. The Morgan fingerprint density at radius 3 is 2.49 bits per heavy atom. The molecule has 1 unspecified atom stereocenters. The van der Waals surface area contributed by atoms with E-state index in [1.54, 1.807) is 29.4 Å². The predicted octanol–water partition coefficient (Wildman–Crippen LogP) is 0.749. The number of carbonyl (C=O) groups is 3. The molecule has 0 spiro atoms. The van der Waals surface area contributed by atoms with Gasteiger partial charge in [0.25, 0.3) is 5.56 Å². The summed E-state index contributed by atoms with van der Waals surface area (Å²) in [5.41, 5.74) is 2.09. The van der Waals surface area contributed by atoms with Crippen LogP contribution in [0.15, 0.2) is 41.5 Å². The summed E-state index contributed by atoms with van der Waals surface area (Å²) in [7, 11) is 3.93. The van der Waals surface area contributed by atoms with Crippen LogP contribution in [0.5, 0.6) is 0 Å². The van der Waals surface area contributed by atoms with Crippen LogP contribution in [0.25, 0.3) is 16.9 Å². The number of fused-ring (bicyclic) bond motifs is 2. The van der Waals surface area contributed by atoms with Crippen molar-refractivity contribution in [2.45, 2.75) is 25.9 Å². The molecule has 3 aromatic heterocycles. The van der Waals surface area contributed by atoms with E-state index in [2.05, 4.69) is 24.8 Å². The number of nitrogens with zero attached hydrogens (tertiary/aromatic N) is 5. The van der Waals surface area contributed by atoms with Crippen molar-refractivity contribution >= 4 is 34.8 Å². The van der Waals surface area contributed by atoms with E-state index in [9.17, 15) is 19.2 Å². The summed E-state index contributed by atoms with van der Waals surface area (Å²) in [5.74, 6) is -1.35. The van der Waals surface area contributed by atoms with E-state index in [0.29, 0.717) is 34.9 Å². The molecule has 0 aliphatic rings. The van der Waals surface area contributed by atoms with Crippen molar-refractivity contribution < 1.29 is 23.9 Å². The molecule has 1 aromatic carbocycles. The van der Waals surface area contributed by atoms with Crippen LogP contribution in [0.2, 0.25) is 0 Å². The summed E-state index contributed by atoms with van der Waals surface area (Å²) in [5, 5.41) is 2.17. The zero-order valence-electron chi connectivity index (χ0n) is 19.6. The topological polar surface area (TPSA) is 139 Å². The van der Waals surface area contributed by atoms with E-state index in [0.717, 1.165) is 19.8 Å². The molecule has 4 aromatic rings. The molecule has 35 heavy (non-hydrogen) atoms. The van der Waals surface area contributed by atoms with Crippen LogP contribution in [-0.2, 0) is 39.1 Å². The van der Waals surface area contributed by atoms with Crippen LogP contribution < -0.4 is 10.9 Å². The van der Waals surface area contributed by atoms with Crippen molar-refractivity contribution in [2.75, 3.05) is 14.2 Å². The Kier molecular flexibility index (Phi) is 6.36. The second-order valence-corrected chi connectivity index (χ2v) is 7.91. The molecule has 0 bridgehead atoms. The van der Waals surface area contributed by atoms with E-state index in [1.807, 2.05) is 30.3 Å². The van der Waals surface area contributed by atoms with Gasteiger partial charge in [0.1, 0.15) is 0 Å². The van der Waals surface area contributed by atoms with Crippen LogP contribution in [0.1, 0.15) is 17.0 Å². The van der Waals surface area contributed by atoms with Gasteiger partial charge in [-0.1, -0.05) is 30.3 Å². The Morgan fingerprint density at radius 1 is 1.11 bits per heavy atom. The quantitative estimate of drug-likeness (QED) is 0.302. The van der Waals surface area contributed by atoms with Gasteiger partial charge in [-0.3, -0.25) is 14.2 Å². The number of amides is 1. The standard InChI is InChI=1S/C23H24N6O6/c1-13-15(10-16(30)17(21(32)34-3)26-23(33)35-4)29-20(31)18-19(27(2)22(29)25-13)24-12-28(18)11-14-8-6-5-7-9-14/h5-9,12,17H,10-11H2,1-4H3,(H,26,33). The minimum absolute atomic E-state index is 0.292. The van der Waals surface area contributed by atoms with Crippen LogP contribution in [0, 0.1) is 6.92 Å². The Bertz CT molecular complexity index is 1500. The normalized spacial score (nSPS) is 12.0. The fourth-order valence-corrected chi connectivity index (χ4v) is 3.96. The average Bonchev–Trinajstić information content (AvgIpc) is 3.42. The largest absolute Gasteiger partial charge is 0.467 e. The highest BCUT2D eigenvalue weighted by Crippen LogP contribution is 2.17. The van der Waals surface area contributed by atoms with Gasteiger partial charge in [0, 0.05) is 13.6 Å². The number of alkyl carbamates (subject to hydrolysis) is 1. The van der Waals surface area contributed by atoms with Crippen molar-refractivity contribution in [3.8, 4) is 0 Å². The Morgan fingerprint density at radius 2 is 1.83 bits per heavy atom. The van der Waals surface area contributed by atoms with Crippen LogP contribution in [0.3, 0.4) is 0 Å². The lowest BCUT2D eigenvalue weighted by Gasteiger charge is -2.15. The molecule has 3 heterocycles. The van der Waals surface area contributed by atoms with Gasteiger partial charge in [-0.2, -0.15) is 0 Å². The van der Waals surface area contributed by atoms with Crippen LogP contribution >= 0.6 is 0 Å². The number of benzene rings is 1. The molecular formula is C23H24N6O6. The van der Waals surface area contributed by atoms with Crippen molar-refractivity contribution in [1.82, 2.24) is 28.8 Å². The lowest BCUT2D eigenvalue weighted by atomic mass is 10.1. The Balaban J connectivity index is 1.81. The number of esters is 1. The summed E-state index contributed by atoms with van der Waals surface area (Å²) in [6.07, 6.45) is 0.264. The summed E-state index contributed by atoms with van der Waals surface area (Å²) in [4.78, 5) is 59.4. The van der Waals surface area contributed by atoms with Gasteiger partial charge in [0.2, 0.25) is 5.78 Å². The minimum Gasteiger partial charge on any atom is -0.467 e. The summed E-state index contributed by atoms with van der Waals surface area (Å²) in [6, 6.07) is 8.02. The zero-order valence-corrected chi connectivity index (χ0v) is 19.6. The van der Waals surface area contributed by atoms with E-state index in [4.69, 9.17) is 0 Å². The molecule has 182 valence electrons. The van der Waals surface area contributed by atoms with E-state index >= 15 is 0 Å². The molecule has 12 nitrogen and oxygen atoms in total. The number of methoxy groups -OCH3 is 2. The number of imidazole rings is 2. The summed E-state index contributed by atoms with van der Waals surface area (Å²) >= 11 is 0. The molecular weight excluding hydrogens is 456 g/mol. The predicted molar refractivity (Wildman–Crippen MR) is 124 cm³/mol. The fourth-order valence-electron chi connectivity index (χ4n) is 3.96. The SMILES string of the molecule is COC(=O)NC(C(=O)Cc1c(C)nc2n(C)c3ncn(Cc4ccccc4)c3c(=O)n12)C(=O)OC. The van der Waals surface area contributed by atoms with Gasteiger partial charge in [-0.25, -0.2) is 24.0 Å². The number of ether oxygens (including phenoxy) is 2. The number of hydrogen-bond acceptors (Lipinski definition) is 8. The molecule has 0 aliphatic heterocycles. The first-order valence-corrected chi connectivity index (χ1v) is 10.7. The first-order chi connectivity index (χ1) is 16.8. The van der Waals surface area contributed by atoms with E-state index in [1.165, 1.54) is 4.40 Å². The van der Waals surface area contributed by atoms with Crippen molar-refractivity contribution in [2.24, 2.45) is 7.05 Å². The highest BCUT2D eigenvalue weighted by molar-refractivity contribution is 6.06. The first kappa shape index (κ1) is 23.7. The number of rotatable bonds is 7. The highest BCUT2D eigenvalue weighted by Gasteiger charge is 2.31. The molecule has 0 saturated carbocycles. The number of carbonyl (C=O) groups excluding carboxylic acids is 3. The second-order valence-electron chi connectivity index (χ2n) is 7.91. The van der Waals surface area contributed by atoms with Gasteiger partial charge in [0.05, 0.1) is 38.4 Å². The maximum absolute atomic E-state index is 13.7. The van der Waals surface area contributed by atoms with Gasteiger partial charge in [-0.05, 0) is 12.5 Å². The molecule has 0 aliphatic carbocycles. The number of hydrogen-bond donors (Lipinski definition) is 1. The van der Waals surface area contributed by atoms with Crippen molar-refractivity contribution in [1.29, 1.82) is 0 Å².